The minimum atomic E-state index is -3.34. The van der Waals surface area contributed by atoms with Crippen molar-refractivity contribution in [2.45, 2.75) is 58.5 Å². The molecular weight excluding hydrogens is 250 g/mol. The van der Waals surface area contributed by atoms with Crippen molar-refractivity contribution in [1.82, 2.24) is 14.3 Å². The Bertz CT molecular complexity index is 324. The summed E-state index contributed by atoms with van der Waals surface area (Å²) in [5.74, 6) is 0. The van der Waals surface area contributed by atoms with E-state index in [1.807, 2.05) is 13.8 Å². The zero-order valence-corrected chi connectivity index (χ0v) is 12.6. The van der Waals surface area contributed by atoms with Crippen LogP contribution in [0.5, 0.6) is 0 Å². The van der Waals surface area contributed by atoms with Crippen molar-refractivity contribution >= 4 is 10.2 Å². The molecule has 0 bridgehead atoms. The first-order valence-electron chi connectivity index (χ1n) is 6.96. The van der Waals surface area contributed by atoms with Gasteiger partial charge in [-0.05, 0) is 39.7 Å². The Morgan fingerprint density at radius 1 is 1.44 bits per heavy atom. The molecule has 1 unspecified atom stereocenters. The minimum Gasteiger partial charge on any atom is -0.313 e. The molecule has 108 valence electrons. The highest BCUT2D eigenvalue weighted by Crippen LogP contribution is 2.10. The maximum absolute atomic E-state index is 12.2. The van der Waals surface area contributed by atoms with Gasteiger partial charge in [0.2, 0.25) is 0 Å². The molecule has 2 N–H and O–H groups in total. The summed E-state index contributed by atoms with van der Waals surface area (Å²) in [5, 5.41) is 3.36. The molecule has 1 fully saturated rings. The van der Waals surface area contributed by atoms with Crippen LogP contribution in [0.4, 0.5) is 0 Å². The highest BCUT2D eigenvalue weighted by molar-refractivity contribution is 7.87. The third kappa shape index (κ3) is 5.22. The maximum atomic E-state index is 12.2. The summed E-state index contributed by atoms with van der Waals surface area (Å²) in [6.07, 6.45) is 4.13. The smallest absolute Gasteiger partial charge is 0.279 e. The van der Waals surface area contributed by atoms with E-state index >= 15 is 0 Å². The van der Waals surface area contributed by atoms with E-state index in [9.17, 15) is 8.42 Å². The molecule has 1 heterocycles. The Labute approximate surface area is 112 Å². The number of rotatable bonds is 8. The second-order valence-electron chi connectivity index (χ2n) is 5.28. The van der Waals surface area contributed by atoms with E-state index in [1.54, 1.807) is 4.31 Å². The largest absolute Gasteiger partial charge is 0.313 e. The van der Waals surface area contributed by atoms with Crippen LogP contribution < -0.4 is 10.0 Å². The maximum Gasteiger partial charge on any atom is 0.279 e. The fourth-order valence-electron chi connectivity index (χ4n) is 2.17. The summed E-state index contributed by atoms with van der Waals surface area (Å²) in [4.78, 5) is 0. The summed E-state index contributed by atoms with van der Waals surface area (Å²) in [5.41, 5.74) is 0. The average molecular weight is 277 g/mol. The summed E-state index contributed by atoms with van der Waals surface area (Å²) in [6, 6.07) is 0.251. The molecular formula is C12H27N3O2S. The molecule has 0 aromatic rings. The van der Waals surface area contributed by atoms with E-state index in [0.717, 1.165) is 32.2 Å². The van der Waals surface area contributed by atoms with Gasteiger partial charge in [-0.15, -0.1) is 0 Å². The van der Waals surface area contributed by atoms with Gasteiger partial charge in [0.1, 0.15) is 0 Å². The van der Waals surface area contributed by atoms with Crippen molar-refractivity contribution < 1.29 is 8.42 Å². The van der Waals surface area contributed by atoms with Crippen molar-refractivity contribution in [2.75, 3.05) is 19.6 Å². The summed E-state index contributed by atoms with van der Waals surface area (Å²) in [6.45, 7) is 7.98. The first-order valence-corrected chi connectivity index (χ1v) is 8.40. The molecule has 1 saturated heterocycles. The molecule has 0 aliphatic carbocycles. The van der Waals surface area contributed by atoms with Gasteiger partial charge in [0, 0.05) is 25.2 Å². The Kier molecular flexibility index (Phi) is 6.55. The lowest BCUT2D eigenvalue weighted by Gasteiger charge is -2.26. The SMILES string of the molecule is CCCCN(CC1CCCN1)S(=O)(=O)NC(C)C. The lowest BCUT2D eigenvalue weighted by atomic mass is 10.2. The molecule has 5 nitrogen and oxygen atoms in total. The molecule has 6 heteroatoms. The van der Waals surface area contributed by atoms with Crippen LogP contribution in [0.1, 0.15) is 46.5 Å². The minimum absolute atomic E-state index is 0.0596. The molecule has 18 heavy (non-hydrogen) atoms. The Morgan fingerprint density at radius 3 is 2.67 bits per heavy atom. The number of unbranched alkanes of at least 4 members (excludes halogenated alkanes) is 1. The molecule has 1 rings (SSSR count). The van der Waals surface area contributed by atoms with Crippen LogP contribution in [0.25, 0.3) is 0 Å². The van der Waals surface area contributed by atoms with E-state index in [1.165, 1.54) is 0 Å². The van der Waals surface area contributed by atoms with Crippen molar-refractivity contribution in [3.8, 4) is 0 Å². The van der Waals surface area contributed by atoms with Crippen LogP contribution in [0.2, 0.25) is 0 Å². The highest BCUT2D eigenvalue weighted by Gasteiger charge is 2.26. The molecule has 0 radical (unpaired) electrons. The molecule has 0 aromatic heterocycles. The predicted molar refractivity (Wildman–Crippen MR) is 74.7 cm³/mol. The Balaban J connectivity index is 2.63. The normalized spacial score (nSPS) is 21.1. The van der Waals surface area contributed by atoms with E-state index in [2.05, 4.69) is 17.0 Å². The lowest BCUT2D eigenvalue weighted by molar-refractivity contribution is 0.356. The average Bonchev–Trinajstić information content (AvgIpc) is 2.74. The zero-order chi connectivity index (χ0) is 13.6. The molecule has 0 amide bonds. The fraction of sp³-hybridized carbons (Fsp3) is 1.00. The first-order chi connectivity index (χ1) is 8.45. The number of hydrogen-bond acceptors (Lipinski definition) is 3. The number of hydrogen-bond donors (Lipinski definition) is 2. The van der Waals surface area contributed by atoms with Crippen LogP contribution in [-0.2, 0) is 10.2 Å². The quantitative estimate of drug-likeness (QED) is 0.698. The molecule has 0 saturated carbocycles. The van der Waals surface area contributed by atoms with Gasteiger partial charge in [-0.2, -0.15) is 17.4 Å². The van der Waals surface area contributed by atoms with E-state index in [0.29, 0.717) is 19.1 Å². The topological polar surface area (TPSA) is 61.4 Å². The van der Waals surface area contributed by atoms with Gasteiger partial charge >= 0.3 is 0 Å². The fourth-order valence-corrected chi connectivity index (χ4v) is 3.67. The Hall–Kier alpha value is -0.170. The standard InChI is InChI=1S/C12H27N3O2S/c1-4-5-9-15(10-12-7-6-8-13-12)18(16,17)14-11(2)3/h11-14H,4-10H2,1-3H3. The van der Waals surface area contributed by atoms with Crippen molar-refractivity contribution in [2.24, 2.45) is 0 Å². The monoisotopic (exact) mass is 277 g/mol. The zero-order valence-electron chi connectivity index (χ0n) is 11.8. The molecule has 1 aliphatic rings. The molecule has 1 aliphatic heterocycles. The third-order valence-electron chi connectivity index (χ3n) is 3.07. The van der Waals surface area contributed by atoms with Gasteiger partial charge in [-0.3, -0.25) is 0 Å². The summed E-state index contributed by atoms with van der Waals surface area (Å²) in [7, 11) is -3.34. The van der Waals surface area contributed by atoms with Crippen molar-refractivity contribution in [1.29, 1.82) is 0 Å². The van der Waals surface area contributed by atoms with Crippen molar-refractivity contribution in [3.05, 3.63) is 0 Å². The summed E-state index contributed by atoms with van der Waals surface area (Å²) >= 11 is 0. The molecule has 0 spiro atoms. The van der Waals surface area contributed by atoms with Gasteiger partial charge in [0.05, 0.1) is 0 Å². The first kappa shape index (κ1) is 15.9. The van der Waals surface area contributed by atoms with Gasteiger partial charge in [0.15, 0.2) is 0 Å². The van der Waals surface area contributed by atoms with E-state index < -0.39 is 10.2 Å². The molecule has 0 aromatic carbocycles. The Morgan fingerprint density at radius 2 is 2.17 bits per heavy atom. The lowest BCUT2D eigenvalue weighted by Crippen LogP contribution is -2.48. The van der Waals surface area contributed by atoms with Crippen LogP contribution in [0.3, 0.4) is 0 Å². The van der Waals surface area contributed by atoms with Crippen LogP contribution >= 0.6 is 0 Å². The van der Waals surface area contributed by atoms with Gasteiger partial charge in [-0.1, -0.05) is 13.3 Å². The van der Waals surface area contributed by atoms with Crippen LogP contribution in [0.15, 0.2) is 0 Å². The number of nitrogens with zero attached hydrogens (tertiary/aromatic N) is 1. The third-order valence-corrected chi connectivity index (χ3v) is 4.85. The van der Waals surface area contributed by atoms with Gasteiger partial charge in [-0.25, -0.2) is 0 Å². The summed E-state index contributed by atoms with van der Waals surface area (Å²) < 4.78 is 28.7. The second kappa shape index (κ2) is 7.43. The van der Waals surface area contributed by atoms with Crippen LogP contribution in [0, 0.1) is 0 Å². The van der Waals surface area contributed by atoms with Gasteiger partial charge in [0.25, 0.3) is 10.2 Å². The van der Waals surface area contributed by atoms with E-state index in [-0.39, 0.29) is 6.04 Å². The predicted octanol–water partition coefficient (Wildman–Crippen LogP) is 1.08. The van der Waals surface area contributed by atoms with Gasteiger partial charge < -0.3 is 5.32 Å². The van der Waals surface area contributed by atoms with Crippen LogP contribution in [-0.4, -0.2) is 44.4 Å². The highest BCUT2D eigenvalue weighted by atomic mass is 32.2. The second-order valence-corrected chi connectivity index (χ2v) is 6.98. The van der Waals surface area contributed by atoms with E-state index in [4.69, 9.17) is 0 Å². The number of nitrogens with one attached hydrogen (secondary N) is 2. The van der Waals surface area contributed by atoms with Crippen molar-refractivity contribution in [3.63, 3.8) is 0 Å². The molecule has 1 atom stereocenters.